The maximum atomic E-state index is 12.8. The lowest BCUT2D eigenvalue weighted by Crippen LogP contribution is -2.30. The van der Waals surface area contributed by atoms with Gasteiger partial charge in [0.15, 0.2) is 6.10 Å². The van der Waals surface area contributed by atoms with Crippen molar-refractivity contribution in [3.63, 3.8) is 0 Å². The Morgan fingerprint density at radius 3 is 0.836 bits per heavy atom. The van der Waals surface area contributed by atoms with Gasteiger partial charge in [-0.25, -0.2) is 0 Å². The number of carbonyl (C=O) groups is 3. The molecule has 1 atom stereocenters. The molecule has 6 nitrogen and oxygen atoms in total. The zero-order valence-electron chi connectivity index (χ0n) is 45.2. The van der Waals surface area contributed by atoms with Crippen LogP contribution in [0.15, 0.2) is 24.3 Å². The number of unbranched alkanes of at least 4 members (excludes halogenated alkanes) is 40. The summed E-state index contributed by atoms with van der Waals surface area (Å²) >= 11 is 0. The summed E-state index contributed by atoms with van der Waals surface area (Å²) in [6.07, 6.45) is 66.7. The van der Waals surface area contributed by atoms with E-state index in [0.717, 1.165) is 83.5 Å². The maximum absolute atomic E-state index is 12.8. The highest BCUT2D eigenvalue weighted by atomic mass is 16.6. The van der Waals surface area contributed by atoms with Crippen LogP contribution in [-0.4, -0.2) is 37.2 Å². The number of allylic oxidation sites excluding steroid dienone is 4. The number of rotatable bonds is 55. The quantitative estimate of drug-likeness (QED) is 0.0262. The molecule has 0 rings (SSSR count). The van der Waals surface area contributed by atoms with Crippen molar-refractivity contribution in [1.29, 1.82) is 0 Å². The molecule has 0 radical (unpaired) electrons. The fourth-order valence-corrected chi connectivity index (χ4v) is 8.95. The molecule has 0 aromatic heterocycles. The van der Waals surface area contributed by atoms with Gasteiger partial charge in [-0.3, -0.25) is 14.4 Å². The smallest absolute Gasteiger partial charge is 0.306 e. The highest BCUT2D eigenvalue weighted by Gasteiger charge is 2.19. The Morgan fingerprint density at radius 1 is 0.299 bits per heavy atom. The van der Waals surface area contributed by atoms with Gasteiger partial charge in [-0.2, -0.15) is 0 Å². The summed E-state index contributed by atoms with van der Waals surface area (Å²) in [5.74, 6) is -0.884. The monoisotopic (exact) mass is 943 g/mol. The molecular weight excluding hydrogens is 829 g/mol. The first-order chi connectivity index (χ1) is 33.0. The zero-order chi connectivity index (χ0) is 48.6. The Balaban J connectivity index is 3.96. The van der Waals surface area contributed by atoms with Crippen molar-refractivity contribution in [1.82, 2.24) is 0 Å². The number of esters is 3. The van der Waals surface area contributed by atoms with E-state index >= 15 is 0 Å². The van der Waals surface area contributed by atoms with Crippen molar-refractivity contribution in [3.8, 4) is 0 Å². The molecule has 0 saturated carbocycles. The molecule has 0 spiro atoms. The highest BCUT2D eigenvalue weighted by Crippen LogP contribution is 2.17. The van der Waals surface area contributed by atoms with Crippen LogP contribution >= 0.6 is 0 Å². The minimum Gasteiger partial charge on any atom is -0.462 e. The summed E-state index contributed by atoms with van der Waals surface area (Å²) < 4.78 is 16.7. The molecule has 0 heterocycles. The van der Waals surface area contributed by atoms with Gasteiger partial charge in [-0.15, -0.1) is 0 Å². The van der Waals surface area contributed by atoms with Crippen molar-refractivity contribution in [2.45, 2.75) is 335 Å². The third kappa shape index (κ3) is 54.7. The second-order valence-electron chi connectivity index (χ2n) is 20.3. The molecule has 67 heavy (non-hydrogen) atoms. The van der Waals surface area contributed by atoms with Crippen LogP contribution in [0.3, 0.4) is 0 Å². The molecule has 0 bridgehead atoms. The van der Waals surface area contributed by atoms with Crippen molar-refractivity contribution in [3.05, 3.63) is 24.3 Å². The van der Waals surface area contributed by atoms with Crippen molar-refractivity contribution in [2.75, 3.05) is 13.2 Å². The third-order valence-corrected chi connectivity index (χ3v) is 13.5. The lowest BCUT2D eigenvalue weighted by molar-refractivity contribution is -0.167. The Morgan fingerprint density at radius 2 is 0.537 bits per heavy atom. The van der Waals surface area contributed by atoms with Crippen LogP contribution in [0.25, 0.3) is 0 Å². The molecule has 0 aliphatic heterocycles. The number of ether oxygens (including phenoxy) is 3. The van der Waals surface area contributed by atoms with E-state index in [1.807, 2.05) is 0 Å². The Labute approximate surface area is 417 Å². The average Bonchev–Trinajstić information content (AvgIpc) is 3.33. The Bertz CT molecular complexity index is 1080. The summed E-state index contributed by atoms with van der Waals surface area (Å²) in [7, 11) is 0. The van der Waals surface area contributed by atoms with Gasteiger partial charge in [0.25, 0.3) is 0 Å². The normalized spacial score (nSPS) is 12.1. The van der Waals surface area contributed by atoms with E-state index in [-0.39, 0.29) is 31.1 Å². The van der Waals surface area contributed by atoms with Gasteiger partial charge in [-0.05, 0) is 51.4 Å². The second-order valence-corrected chi connectivity index (χ2v) is 20.3. The largest absolute Gasteiger partial charge is 0.462 e. The van der Waals surface area contributed by atoms with Crippen LogP contribution in [0, 0.1) is 0 Å². The van der Waals surface area contributed by atoms with E-state index in [9.17, 15) is 14.4 Å². The van der Waals surface area contributed by atoms with Gasteiger partial charge in [0, 0.05) is 19.3 Å². The zero-order valence-corrected chi connectivity index (χ0v) is 45.2. The van der Waals surface area contributed by atoms with E-state index in [2.05, 4.69) is 45.1 Å². The minimum absolute atomic E-state index is 0.0733. The van der Waals surface area contributed by atoms with E-state index < -0.39 is 6.10 Å². The maximum Gasteiger partial charge on any atom is 0.306 e. The number of hydrogen-bond acceptors (Lipinski definition) is 6. The first-order valence-corrected chi connectivity index (χ1v) is 29.8. The lowest BCUT2D eigenvalue weighted by Gasteiger charge is -2.18. The van der Waals surface area contributed by atoms with Gasteiger partial charge in [0.1, 0.15) is 13.2 Å². The molecule has 0 N–H and O–H groups in total. The summed E-state index contributed by atoms with van der Waals surface area (Å²) in [5.41, 5.74) is 0. The predicted molar refractivity (Wildman–Crippen MR) is 289 cm³/mol. The predicted octanol–water partition coefficient (Wildman–Crippen LogP) is 19.9. The standard InChI is InChI=1S/C61H114O6/c1-4-7-10-13-15-17-19-21-23-25-26-27-28-29-30-31-32-33-34-35-36-38-39-41-43-45-48-51-54-60(63)66-57-58(56-65-59(62)53-50-47-12-9-6-3)67-61(64)55-52-49-46-44-42-40-37-24-22-20-18-16-14-11-8-5-2/h18,20,24,37,58H,4-17,19,21-23,25-36,38-57H2,1-3H3/b20-18-,37-24-. The summed E-state index contributed by atoms with van der Waals surface area (Å²) in [6.45, 7) is 6.57. The fraction of sp³-hybridized carbons (Fsp3) is 0.885. The molecule has 0 saturated heterocycles. The van der Waals surface area contributed by atoms with E-state index in [1.54, 1.807) is 0 Å². The van der Waals surface area contributed by atoms with Gasteiger partial charge in [0.05, 0.1) is 0 Å². The van der Waals surface area contributed by atoms with Crippen molar-refractivity contribution < 1.29 is 28.6 Å². The minimum atomic E-state index is -0.771. The molecule has 1 unspecified atom stereocenters. The SMILES string of the molecule is CCCCCC/C=C\C/C=C\CCCCCCCC(=O)OC(COC(=O)CCCCCCC)COC(=O)CCCCCCCCCCCCCCCCCCCCCCCCCCCCCC. The highest BCUT2D eigenvalue weighted by molar-refractivity contribution is 5.71. The Kier molecular flexibility index (Phi) is 54.7. The molecule has 0 aromatic rings. The number of carbonyl (C=O) groups excluding carboxylic acids is 3. The average molecular weight is 944 g/mol. The first kappa shape index (κ1) is 64.9. The van der Waals surface area contributed by atoms with Crippen LogP contribution in [0.2, 0.25) is 0 Å². The molecule has 0 aliphatic carbocycles. The van der Waals surface area contributed by atoms with E-state index in [4.69, 9.17) is 14.2 Å². The molecule has 394 valence electrons. The molecule has 0 fully saturated rings. The van der Waals surface area contributed by atoms with Gasteiger partial charge in [-0.1, -0.05) is 283 Å². The lowest BCUT2D eigenvalue weighted by atomic mass is 10.0. The summed E-state index contributed by atoms with van der Waals surface area (Å²) in [5, 5.41) is 0. The van der Waals surface area contributed by atoms with Crippen LogP contribution in [-0.2, 0) is 28.6 Å². The topological polar surface area (TPSA) is 78.9 Å². The van der Waals surface area contributed by atoms with Crippen LogP contribution in [0.5, 0.6) is 0 Å². The molecule has 6 heteroatoms. The van der Waals surface area contributed by atoms with Crippen LogP contribution in [0.1, 0.15) is 329 Å². The van der Waals surface area contributed by atoms with Crippen molar-refractivity contribution >= 4 is 17.9 Å². The first-order valence-electron chi connectivity index (χ1n) is 29.8. The van der Waals surface area contributed by atoms with Gasteiger partial charge < -0.3 is 14.2 Å². The Hall–Kier alpha value is -2.11. The van der Waals surface area contributed by atoms with Gasteiger partial charge >= 0.3 is 17.9 Å². The van der Waals surface area contributed by atoms with E-state index in [0.29, 0.717) is 19.3 Å². The van der Waals surface area contributed by atoms with Crippen LogP contribution in [0.4, 0.5) is 0 Å². The molecule has 0 aliphatic rings. The summed E-state index contributed by atoms with van der Waals surface area (Å²) in [4.78, 5) is 37.8. The van der Waals surface area contributed by atoms with Crippen LogP contribution < -0.4 is 0 Å². The molecule has 0 aromatic carbocycles. The summed E-state index contributed by atoms with van der Waals surface area (Å²) in [6, 6.07) is 0. The van der Waals surface area contributed by atoms with Gasteiger partial charge in [0.2, 0.25) is 0 Å². The number of hydrogen-bond donors (Lipinski definition) is 0. The molecule has 0 amide bonds. The second kappa shape index (κ2) is 56.5. The third-order valence-electron chi connectivity index (χ3n) is 13.5. The molecular formula is C61H114O6. The fourth-order valence-electron chi connectivity index (χ4n) is 8.95. The van der Waals surface area contributed by atoms with E-state index in [1.165, 1.54) is 205 Å². The van der Waals surface area contributed by atoms with Crippen molar-refractivity contribution in [2.24, 2.45) is 0 Å².